The zero-order valence-electron chi connectivity index (χ0n) is 12.8. The molecular formula is C18H25BrOS. The number of hydrogen-bond donors (Lipinski definition) is 1. The molecule has 1 nitrogen and oxygen atoms in total. The highest BCUT2D eigenvalue weighted by Crippen LogP contribution is 2.36. The number of aliphatic hydroxyl groups is 1. The molecule has 1 unspecified atom stereocenters. The lowest BCUT2D eigenvalue weighted by Crippen LogP contribution is -1.96. The summed E-state index contributed by atoms with van der Waals surface area (Å²) in [6, 6.07) is 6.22. The zero-order chi connectivity index (χ0) is 15.1. The molecule has 1 N–H and O–H groups in total. The predicted octanol–water partition coefficient (Wildman–Crippen LogP) is 6.84. The average Bonchev–Trinajstić information content (AvgIpc) is 2.91. The van der Waals surface area contributed by atoms with Crippen LogP contribution in [0.3, 0.4) is 0 Å². The first-order valence-electron chi connectivity index (χ1n) is 8.07. The highest BCUT2D eigenvalue weighted by atomic mass is 79.9. The van der Waals surface area contributed by atoms with Crippen molar-refractivity contribution in [2.24, 2.45) is 0 Å². The van der Waals surface area contributed by atoms with Crippen LogP contribution in [0.5, 0.6) is 0 Å². The first-order valence-corrected chi connectivity index (χ1v) is 9.75. The summed E-state index contributed by atoms with van der Waals surface area (Å²) < 4.78 is 2.37. The Balaban J connectivity index is 1.80. The van der Waals surface area contributed by atoms with Crippen molar-refractivity contribution in [2.45, 2.75) is 64.4 Å². The summed E-state index contributed by atoms with van der Waals surface area (Å²) in [6.07, 6.45) is 9.61. The largest absolute Gasteiger partial charge is 0.388 e. The van der Waals surface area contributed by atoms with E-state index in [9.17, 15) is 5.11 Å². The molecular weight excluding hydrogens is 344 g/mol. The fourth-order valence-electron chi connectivity index (χ4n) is 2.75. The lowest BCUT2D eigenvalue weighted by molar-refractivity contribution is 0.165. The van der Waals surface area contributed by atoms with Gasteiger partial charge in [-0.15, -0.1) is 11.3 Å². The minimum absolute atomic E-state index is 0.316. The van der Waals surface area contributed by atoms with Gasteiger partial charge in [-0.25, -0.2) is 0 Å². The van der Waals surface area contributed by atoms with Crippen LogP contribution in [0.25, 0.3) is 10.1 Å². The first-order chi connectivity index (χ1) is 10.2. The Morgan fingerprint density at radius 1 is 1.10 bits per heavy atom. The van der Waals surface area contributed by atoms with Crippen LogP contribution in [0.1, 0.15) is 70.0 Å². The molecule has 1 atom stereocenters. The van der Waals surface area contributed by atoms with Gasteiger partial charge in [-0.05, 0) is 44.7 Å². The molecule has 116 valence electrons. The van der Waals surface area contributed by atoms with Crippen molar-refractivity contribution in [2.75, 3.05) is 0 Å². The van der Waals surface area contributed by atoms with E-state index >= 15 is 0 Å². The van der Waals surface area contributed by atoms with Crippen molar-refractivity contribution in [1.82, 2.24) is 0 Å². The maximum atomic E-state index is 10.4. The van der Waals surface area contributed by atoms with E-state index in [1.54, 1.807) is 11.3 Å². The highest BCUT2D eigenvalue weighted by molar-refractivity contribution is 9.10. The number of fused-ring (bicyclic) bond motifs is 1. The topological polar surface area (TPSA) is 20.2 Å². The molecule has 0 aliphatic carbocycles. The third kappa shape index (κ3) is 4.80. The Morgan fingerprint density at radius 2 is 1.81 bits per heavy atom. The molecule has 0 saturated heterocycles. The lowest BCUT2D eigenvalue weighted by Gasteiger charge is -2.10. The summed E-state index contributed by atoms with van der Waals surface area (Å²) in [6.45, 7) is 2.25. The Bertz CT molecular complexity index is 549. The van der Waals surface area contributed by atoms with Crippen LogP contribution < -0.4 is 0 Å². The normalized spacial score (nSPS) is 12.9. The molecule has 0 radical (unpaired) electrons. The molecule has 0 bridgehead atoms. The Morgan fingerprint density at radius 3 is 2.57 bits per heavy atom. The molecule has 0 amide bonds. The molecule has 0 fully saturated rings. The molecule has 0 aliphatic rings. The van der Waals surface area contributed by atoms with E-state index in [-0.39, 0.29) is 6.10 Å². The monoisotopic (exact) mass is 368 g/mol. The van der Waals surface area contributed by atoms with Crippen LogP contribution in [0, 0.1) is 0 Å². The van der Waals surface area contributed by atoms with Crippen molar-refractivity contribution in [3.8, 4) is 0 Å². The minimum atomic E-state index is -0.316. The lowest BCUT2D eigenvalue weighted by atomic mass is 10.0. The van der Waals surface area contributed by atoms with E-state index in [0.717, 1.165) is 22.9 Å². The molecule has 3 heteroatoms. The standard InChI is InChI=1S/C18H25BrOS/c1-2-3-4-5-6-7-8-12-17(20)15-13-21-18-14(15)10-9-11-16(18)19/h9-11,13,17,20H,2-8,12H2,1H3. The van der Waals surface area contributed by atoms with E-state index < -0.39 is 0 Å². The molecule has 1 aromatic carbocycles. The van der Waals surface area contributed by atoms with E-state index in [1.807, 2.05) is 6.07 Å². The van der Waals surface area contributed by atoms with Crippen molar-refractivity contribution >= 4 is 37.4 Å². The maximum Gasteiger partial charge on any atom is 0.0804 e. The number of halogens is 1. The predicted molar refractivity (Wildman–Crippen MR) is 97.1 cm³/mol. The number of aliphatic hydroxyl groups excluding tert-OH is 1. The van der Waals surface area contributed by atoms with Crippen LogP contribution in [0.4, 0.5) is 0 Å². The summed E-state index contributed by atoms with van der Waals surface area (Å²) in [4.78, 5) is 0. The van der Waals surface area contributed by atoms with Gasteiger partial charge in [0.05, 0.1) is 6.10 Å². The van der Waals surface area contributed by atoms with Crippen LogP contribution in [-0.2, 0) is 0 Å². The van der Waals surface area contributed by atoms with Gasteiger partial charge in [0.15, 0.2) is 0 Å². The summed E-state index contributed by atoms with van der Waals surface area (Å²) in [5.74, 6) is 0. The van der Waals surface area contributed by atoms with E-state index in [1.165, 1.54) is 48.6 Å². The fourth-order valence-corrected chi connectivity index (χ4v) is 4.42. The number of rotatable bonds is 9. The van der Waals surface area contributed by atoms with Gasteiger partial charge in [0.1, 0.15) is 0 Å². The third-order valence-corrected chi connectivity index (χ3v) is 5.99. The molecule has 0 saturated carbocycles. The molecule has 2 rings (SSSR count). The summed E-state index contributed by atoms with van der Waals surface area (Å²) in [5, 5.41) is 13.7. The van der Waals surface area contributed by atoms with E-state index in [0.29, 0.717) is 0 Å². The van der Waals surface area contributed by atoms with E-state index in [2.05, 4.69) is 40.4 Å². The maximum absolute atomic E-state index is 10.4. The van der Waals surface area contributed by atoms with Crippen LogP contribution in [0.2, 0.25) is 0 Å². The van der Waals surface area contributed by atoms with Gasteiger partial charge < -0.3 is 5.11 Å². The van der Waals surface area contributed by atoms with Crippen LogP contribution >= 0.6 is 27.3 Å². The zero-order valence-corrected chi connectivity index (χ0v) is 15.2. The Labute approximate surface area is 140 Å². The van der Waals surface area contributed by atoms with Crippen molar-refractivity contribution in [3.05, 3.63) is 33.6 Å². The molecule has 2 aromatic rings. The van der Waals surface area contributed by atoms with Gasteiger partial charge >= 0.3 is 0 Å². The Kier molecular flexibility index (Phi) is 7.21. The van der Waals surface area contributed by atoms with Gasteiger partial charge in [-0.1, -0.05) is 64.0 Å². The second-order valence-electron chi connectivity index (χ2n) is 5.73. The molecule has 1 aromatic heterocycles. The number of hydrogen-bond acceptors (Lipinski definition) is 2. The number of thiophene rings is 1. The quantitative estimate of drug-likeness (QED) is 0.480. The number of unbranched alkanes of at least 4 members (excludes halogenated alkanes) is 6. The van der Waals surface area contributed by atoms with Crippen molar-refractivity contribution in [3.63, 3.8) is 0 Å². The van der Waals surface area contributed by atoms with Crippen LogP contribution in [-0.4, -0.2) is 5.11 Å². The van der Waals surface area contributed by atoms with E-state index in [4.69, 9.17) is 0 Å². The number of benzene rings is 1. The second-order valence-corrected chi connectivity index (χ2v) is 7.47. The van der Waals surface area contributed by atoms with Gasteiger partial charge in [0.2, 0.25) is 0 Å². The average molecular weight is 369 g/mol. The smallest absolute Gasteiger partial charge is 0.0804 e. The summed E-state index contributed by atoms with van der Waals surface area (Å²) in [7, 11) is 0. The van der Waals surface area contributed by atoms with Crippen molar-refractivity contribution < 1.29 is 5.11 Å². The minimum Gasteiger partial charge on any atom is -0.388 e. The van der Waals surface area contributed by atoms with Gasteiger partial charge in [0, 0.05) is 9.17 Å². The third-order valence-electron chi connectivity index (χ3n) is 4.02. The van der Waals surface area contributed by atoms with Crippen molar-refractivity contribution in [1.29, 1.82) is 0 Å². The van der Waals surface area contributed by atoms with Gasteiger partial charge in [0.25, 0.3) is 0 Å². The summed E-state index contributed by atoms with van der Waals surface area (Å²) >= 11 is 5.30. The summed E-state index contributed by atoms with van der Waals surface area (Å²) in [5.41, 5.74) is 1.10. The molecule has 0 aliphatic heterocycles. The van der Waals surface area contributed by atoms with Gasteiger partial charge in [-0.2, -0.15) is 0 Å². The van der Waals surface area contributed by atoms with Crippen LogP contribution in [0.15, 0.2) is 28.1 Å². The SMILES string of the molecule is CCCCCCCCCC(O)c1csc2c(Br)cccc12. The second kappa shape index (κ2) is 8.92. The highest BCUT2D eigenvalue weighted by Gasteiger charge is 2.13. The van der Waals surface area contributed by atoms with Gasteiger partial charge in [-0.3, -0.25) is 0 Å². The molecule has 1 heterocycles. The molecule has 21 heavy (non-hydrogen) atoms. The molecule has 0 spiro atoms. The fraction of sp³-hybridized carbons (Fsp3) is 0.556. The first kappa shape index (κ1) is 17.0. The Hall–Kier alpha value is -0.380.